The van der Waals surface area contributed by atoms with Crippen molar-refractivity contribution >= 4 is 16.5 Å². The van der Waals surface area contributed by atoms with Crippen molar-refractivity contribution in [2.24, 2.45) is 0 Å². The predicted molar refractivity (Wildman–Crippen MR) is 66.5 cm³/mol. The molecule has 9 heteroatoms. The Morgan fingerprint density at radius 3 is 2.74 bits per heavy atom. The third-order valence-corrected chi connectivity index (χ3v) is 3.21. The minimum Gasteiger partial charge on any atom is -0.398 e. The second kappa shape index (κ2) is 5.39. The van der Waals surface area contributed by atoms with Gasteiger partial charge in [0, 0.05) is 40.1 Å². The summed E-state index contributed by atoms with van der Waals surface area (Å²) in [6, 6.07) is 1.82. The lowest BCUT2D eigenvalue weighted by Gasteiger charge is -2.07. The van der Waals surface area contributed by atoms with Crippen molar-refractivity contribution in [3.8, 4) is 11.4 Å². The number of nitrogens with zero attached hydrogens (tertiary/aromatic N) is 4. The zero-order valence-corrected chi connectivity index (χ0v) is 10.8. The van der Waals surface area contributed by atoms with Crippen LogP contribution >= 0.6 is 0 Å². The maximum absolute atomic E-state index is 13.2. The van der Waals surface area contributed by atoms with E-state index in [-0.39, 0.29) is 17.1 Å². The molecule has 0 saturated carbocycles. The zero-order chi connectivity index (χ0) is 14.0. The third-order valence-electron chi connectivity index (χ3n) is 2.46. The molecule has 0 radical (unpaired) electrons. The van der Waals surface area contributed by atoms with Gasteiger partial charge in [-0.3, -0.25) is 4.21 Å². The average Bonchev–Trinajstić information content (AvgIpc) is 2.79. The Morgan fingerprint density at radius 1 is 1.37 bits per heavy atom. The van der Waals surface area contributed by atoms with Crippen LogP contribution in [-0.2, 0) is 17.3 Å². The molecule has 1 unspecified atom stereocenters. The van der Waals surface area contributed by atoms with Crippen LogP contribution in [0.1, 0.15) is 0 Å². The van der Waals surface area contributed by atoms with E-state index in [1.54, 1.807) is 6.26 Å². The highest BCUT2D eigenvalue weighted by atomic mass is 32.2. The lowest BCUT2D eigenvalue weighted by atomic mass is 10.1. The number of hydrogen-bond acceptors (Lipinski definition) is 5. The fraction of sp³-hybridized carbons (Fsp3) is 0.300. The number of rotatable bonds is 4. The van der Waals surface area contributed by atoms with Crippen molar-refractivity contribution in [3.63, 3.8) is 0 Å². The van der Waals surface area contributed by atoms with Crippen LogP contribution in [0.4, 0.5) is 14.5 Å². The predicted octanol–water partition coefficient (Wildman–Crippen LogP) is 0.579. The number of aromatic nitrogens is 4. The number of hydrogen-bond donors (Lipinski definition) is 1. The molecule has 0 aliphatic rings. The van der Waals surface area contributed by atoms with Crippen LogP contribution in [0.15, 0.2) is 12.1 Å². The molecule has 0 amide bonds. The summed E-state index contributed by atoms with van der Waals surface area (Å²) in [7, 11) is -1.01. The van der Waals surface area contributed by atoms with Gasteiger partial charge in [-0.05, 0) is 16.5 Å². The molecule has 0 aliphatic carbocycles. The van der Waals surface area contributed by atoms with Crippen LogP contribution in [0.2, 0.25) is 0 Å². The standard InChI is InChI=1S/C10H11F2N5OS/c1-19(18)3-2-17-10(14-15-16-17)6-4-7(11)8(12)5-9(6)13/h4-5H,2-3,13H2,1H3. The van der Waals surface area contributed by atoms with Crippen LogP contribution in [0, 0.1) is 11.6 Å². The molecule has 19 heavy (non-hydrogen) atoms. The molecule has 1 aromatic carbocycles. The normalized spacial score (nSPS) is 12.6. The topological polar surface area (TPSA) is 86.7 Å². The summed E-state index contributed by atoms with van der Waals surface area (Å²) in [6.07, 6.45) is 1.55. The van der Waals surface area contributed by atoms with Crippen molar-refractivity contribution in [2.45, 2.75) is 6.54 Å². The highest BCUT2D eigenvalue weighted by molar-refractivity contribution is 7.84. The molecule has 1 aromatic heterocycles. The van der Waals surface area contributed by atoms with E-state index >= 15 is 0 Å². The molecule has 0 fully saturated rings. The molecule has 0 aliphatic heterocycles. The molecule has 1 heterocycles. The van der Waals surface area contributed by atoms with Gasteiger partial charge in [0.1, 0.15) is 0 Å². The van der Waals surface area contributed by atoms with Crippen LogP contribution in [0.25, 0.3) is 11.4 Å². The lowest BCUT2D eigenvalue weighted by molar-refractivity contribution is 0.509. The molecular formula is C10H11F2N5OS. The zero-order valence-electron chi connectivity index (χ0n) is 10.0. The Hall–Kier alpha value is -1.90. The summed E-state index contributed by atoms with van der Waals surface area (Å²) < 4.78 is 38.6. The number of nitrogens with two attached hydrogens (primary N) is 1. The summed E-state index contributed by atoms with van der Waals surface area (Å²) in [5.41, 5.74) is 5.87. The number of benzene rings is 1. The molecule has 102 valence electrons. The van der Waals surface area contributed by atoms with Gasteiger partial charge in [0.25, 0.3) is 0 Å². The summed E-state index contributed by atoms with van der Waals surface area (Å²) in [4.78, 5) is 0. The van der Waals surface area contributed by atoms with E-state index in [2.05, 4.69) is 15.5 Å². The van der Waals surface area contributed by atoms with Gasteiger partial charge in [-0.1, -0.05) is 0 Å². The van der Waals surface area contributed by atoms with Crippen LogP contribution < -0.4 is 5.73 Å². The Kier molecular flexibility index (Phi) is 3.84. The fourth-order valence-corrected chi connectivity index (χ4v) is 1.95. The summed E-state index contributed by atoms with van der Waals surface area (Å²) in [5.74, 6) is -1.50. The second-order valence-electron chi connectivity index (χ2n) is 3.86. The highest BCUT2D eigenvalue weighted by Crippen LogP contribution is 2.25. The Bertz CT molecular complexity index is 630. The van der Waals surface area contributed by atoms with Crippen molar-refractivity contribution in [2.75, 3.05) is 17.7 Å². The third kappa shape index (κ3) is 2.92. The van der Waals surface area contributed by atoms with Crippen molar-refractivity contribution in [3.05, 3.63) is 23.8 Å². The van der Waals surface area contributed by atoms with Gasteiger partial charge >= 0.3 is 0 Å². The van der Waals surface area contributed by atoms with Crippen LogP contribution in [0.3, 0.4) is 0 Å². The number of nitrogen functional groups attached to an aromatic ring is 1. The Balaban J connectivity index is 2.40. The number of halogens is 2. The molecule has 2 rings (SSSR count). The first-order valence-corrected chi connectivity index (χ1v) is 7.03. The maximum Gasteiger partial charge on any atom is 0.184 e. The van der Waals surface area contributed by atoms with E-state index < -0.39 is 22.4 Å². The van der Waals surface area contributed by atoms with E-state index in [9.17, 15) is 13.0 Å². The minimum atomic E-state index is -1.03. The Morgan fingerprint density at radius 2 is 2.05 bits per heavy atom. The molecule has 0 saturated heterocycles. The van der Waals surface area contributed by atoms with Gasteiger partial charge in [0.05, 0.1) is 6.54 Å². The van der Waals surface area contributed by atoms with Gasteiger partial charge in [-0.2, -0.15) is 0 Å². The lowest BCUT2D eigenvalue weighted by Crippen LogP contribution is -2.10. The number of anilines is 1. The first-order chi connectivity index (χ1) is 8.99. The van der Waals surface area contributed by atoms with Gasteiger partial charge in [0.2, 0.25) is 0 Å². The van der Waals surface area contributed by atoms with Gasteiger partial charge in [-0.25, -0.2) is 13.5 Å². The first kappa shape index (κ1) is 13.5. The summed E-state index contributed by atoms with van der Waals surface area (Å²) >= 11 is 0. The number of tetrazole rings is 1. The molecule has 6 nitrogen and oxygen atoms in total. The molecule has 1 atom stereocenters. The molecule has 2 aromatic rings. The molecule has 0 bridgehead atoms. The Labute approximate surface area is 110 Å². The van der Waals surface area contributed by atoms with E-state index in [1.807, 2.05) is 0 Å². The largest absolute Gasteiger partial charge is 0.398 e. The minimum absolute atomic E-state index is 0.0348. The quantitative estimate of drug-likeness (QED) is 0.831. The van der Waals surface area contributed by atoms with Crippen molar-refractivity contribution in [1.82, 2.24) is 20.2 Å². The van der Waals surface area contributed by atoms with Crippen LogP contribution in [-0.4, -0.2) is 36.4 Å². The van der Waals surface area contributed by atoms with Crippen molar-refractivity contribution < 1.29 is 13.0 Å². The SMILES string of the molecule is CS(=O)CCn1nnnc1-c1cc(F)c(F)cc1N. The van der Waals surface area contributed by atoms with E-state index in [4.69, 9.17) is 5.73 Å². The summed E-state index contributed by atoms with van der Waals surface area (Å²) in [5, 5.41) is 10.9. The number of aryl methyl sites for hydroxylation is 1. The van der Waals surface area contributed by atoms with Crippen molar-refractivity contribution in [1.29, 1.82) is 0 Å². The smallest absolute Gasteiger partial charge is 0.184 e. The van der Waals surface area contributed by atoms with Crippen LogP contribution in [0.5, 0.6) is 0 Å². The average molecular weight is 287 g/mol. The molecule has 0 spiro atoms. The fourth-order valence-electron chi connectivity index (χ4n) is 1.52. The van der Waals surface area contributed by atoms with Gasteiger partial charge in [0.15, 0.2) is 17.5 Å². The first-order valence-electron chi connectivity index (χ1n) is 5.30. The highest BCUT2D eigenvalue weighted by Gasteiger charge is 2.15. The van der Waals surface area contributed by atoms with E-state index in [1.165, 1.54) is 4.68 Å². The summed E-state index contributed by atoms with van der Waals surface area (Å²) in [6.45, 7) is 0.296. The second-order valence-corrected chi connectivity index (χ2v) is 5.41. The van der Waals surface area contributed by atoms with E-state index in [0.717, 1.165) is 12.1 Å². The monoisotopic (exact) mass is 287 g/mol. The van der Waals surface area contributed by atoms with Gasteiger partial charge < -0.3 is 5.73 Å². The molecule has 2 N–H and O–H groups in total. The van der Waals surface area contributed by atoms with Gasteiger partial charge in [-0.15, -0.1) is 5.10 Å². The maximum atomic E-state index is 13.2. The van der Waals surface area contributed by atoms with E-state index in [0.29, 0.717) is 12.3 Å². The molecular weight excluding hydrogens is 276 g/mol.